The Morgan fingerprint density at radius 1 is 0.736 bits per heavy atom. The molecular formula is C35H38ClN9O8. The molecule has 11 atom stereocenters. The summed E-state index contributed by atoms with van der Waals surface area (Å²) in [4.78, 5) is 26.6. The molecule has 0 amide bonds. The molecule has 3 N–H and O–H groups in total. The second-order valence-electron chi connectivity index (χ2n) is 15.1. The molecule has 1 aromatic carbocycles. The average molecular weight is 748 g/mol. The largest absolute Gasteiger partial charge is 0.387 e. The van der Waals surface area contributed by atoms with Crippen molar-refractivity contribution in [3.8, 4) is 0 Å². The average Bonchev–Trinajstić information content (AvgIpc) is 3.98. The number of aromatic nitrogens is 8. The minimum atomic E-state index is -1.51. The number of rotatable bonds is 7. The van der Waals surface area contributed by atoms with Gasteiger partial charge in [-0.3, -0.25) is 9.13 Å². The van der Waals surface area contributed by atoms with Crippen LogP contribution in [-0.4, -0.2) is 110 Å². The predicted molar refractivity (Wildman–Crippen MR) is 184 cm³/mol. The van der Waals surface area contributed by atoms with Crippen molar-refractivity contribution in [2.24, 2.45) is 0 Å². The third kappa shape index (κ3) is 5.36. The summed E-state index contributed by atoms with van der Waals surface area (Å²) in [7, 11) is 0. The summed E-state index contributed by atoms with van der Waals surface area (Å²) in [6.45, 7) is 7.15. The number of nitrogens with zero attached hydrogens (tertiary/aromatic N) is 8. The topological polar surface area (TPSA) is 195 Å². The quantitative estimate of drug-likeness (QED) is 0.206. The summed E-state index contributed by atoms with van der Waals surface area (Å²) in [5.74, 6) is -1.41. The number of anilines is 1. The number of imidazole rings is 2. The summed E-state index contributed by atoms with van der Waals surface area (Å²) in [5.41, 5.74) is 4.45. The van der Waals surface area contributed by atoms with Gasteiger partial charge >= 0.3 is 0 Å². The molecule has 0 radical (unpaired) electrons. The van der Waals surface area contributed by atoms with Crippen LogP contribution in [0.5, 0.6) is 0 Å². The van der Waals surface area contributed by atoms with Gasteiger partial charge in [-0.2, -0.15) is 0 Å². The summed E-state index contributed by atoms with van der Waals surface area (Å²) in [6, 6.07) is 8.48. The van der Waals surface area contributed by atoms with Gasteiger partial charge in [-0.15, -0.1) is 0 Å². The Kier molecular flexibility index (Phi) is 7.65. The van der Waals surface area contributed by atoms with Crippen molar-refractivity contribution in [2.45, 2.75) is 119 Å². The lowest BCUT2D eigenvalue weighted by Crippen LogP contribution is -2.52. The Morgan fingerprint density at radius 3 is 1.92 bits per heavy atom. The van der Waals surface area contributed by atoms with Gasteiger partial charge in [0.05, 0.1) is 18.7 Å². The van der Waals surface area contributed by atoms with Crippen LogP contribution in [0.2, 0.25) is 5.15 Å². The van der Waals surface area contributed by atoms with E-state index in [2.05, 4.69) is 48.4 Å². The van der Waals surface area contributed by atoms with Crippen LogP contribution in [0.15, 0.2) is 49.6 Å². The van der Waals surface area contributed by atoms with Gasteiger partial charge in [0.25, 0.3) is 0 Å². The Balaban J connectivity index is 0.939. The monoisotopic (exact) mass is 747 g/mol. The lowest BCUT2D eigenvalue weighted by molar-refractivity contribution is -0.233. The van der Waals surface area contributed by atoms with Crippen molar-refractivity contribution in [2.75, 3.05) is 5.32 Å². The van der Waals surface area contributed by atoms with Crippen LogP contribution in [0.3, 0.4) is 0 Å². The first-order chi connectivity index (χ1) is 25.5. The molecule has 5 aromatic rings. The first-order valence-electron chi connectivity index (χ1n) is 17.7. The van der Waals surface area contributed by atoms with Crippen LogP contribution in [0, 0.1) is 0 Å². The van der Waals surface area contributed by atoms with Crippen LogP contribution in [0.25, 0.3) is 22.3 Å². The Morgan fingerprint density at radius 2 is 1.28 bits per heavy atom. The first kappa shape index (κ1) is 33.6. The highest BCUT2D eigenvalue weighted by molar-refractivity contribution is 6.33. The van der Waals surface area contributed by atoms with Gasteiger partial charge in [-0.1, -0.05) is 35.9 Å². The molecule has 18 heteroatoms. The Bertz CT molecular complexity index is 2220. The molecule has 0 bridgehead atoms. The van der Waals surface area contributed by atoms with Crippen LogP contribution in [-0.2, 0) is 34.8 Å². The van der Waals surface area contributed by atoms with Gasteiger partial charge in [-0.25, -0.2) is 29.9 Å². The zero-order chi connectivity index (χ0) is 36.4. The fourth-order valence-electron chi connectivity index (χ4n) is 8.63. The van der Waals surface area contributed by atoms with Crippen LogP contribution >= 0.6 is 11.6 Å². The number of hydrogen-bond donors (Lipinski definition) is 3. The van der Waals surface area contributed by atoms with Gasteiger partial charge in [0.2, 0.25) is 0 Å². The standard InChI is InChI=1S/C35H38ClN9O8/c1-34(2)50-24-22(48-32(26(24)52-34)44-13-41-18-28(36)37-11-39-30(18)44)20(46)21(47)23-25-27(53-35(3,4)51-25)33(49-23)45-14-42-19-29(38-12-40-31(19)45)43-17-10-9-15-7-5-6-8-16(15)17/h5-8,11-14,17,20-27,32-33,46-47H,9-10H2,1-4H3,(H,38,40,43)/t17-,20?,21?,22+,23+,24+,25+,26+,27?,32+,33+/m0/s1. The summed E-state index contributed by atoms with van der Waals surface area (Å²) >= 11 is 6.28. The molecule has 4 saturated heterocycles. The van der Waals surface area contributed by atoms with Crippen molar-refractivity contribution in [1.29, 1.82) is 0 Å². The number of benzene rings is 1. The maximum absolute atomic E-state index is 12.0. The van der Waals surface area contributed by atoms with Crippen molar-refractivity contribution >= 4 is 39.7 Å². The molecule has 3 unspecified atom stereocenters. The molecule has 4 aliphatic heterocycles. The number of aliphatic hydroxyl groups excluding tert-OH is 2. The number of hydrogen-bond acceptors (Lipinski definition) is 15. The molecule has 0 spiro atoms. The first-order valence-corrected chi connectivity index (χ1v) is 18.1. The van der Waals surface area contributed by atoms with Gasteiger partial charge in [0, 0.05) is 0 Å². The van der Waals surface area contributed by atoms with E-state index < -0.39 is 72.9 Å². The molecule has 278 valence electrons. The molecule has 5 aliphatic rings. The second kappa shape index (κ2) is 12.0. The number of nitrogens with one attached hydrogen (secondary N) is 1. The highest BCUT2D eigenvalue weighted by Crippen LogP contribution is 2.48. The highest BCUT2D eigenvalue weighted by atomic mass is 35.5. The number of halogens is 1. The van der Waals surface area contributed by atoms with Crippen LogP contribution in [0.4, 0.5) is 5.82 Å². The Hall–Kier alpha value is -3.91. The van der Waals surface area contributed by atoms with Gasteiger partial charge in [0.15, 0.2) is 51.8 Å². The van der Waals surface area contributed by atoms with Crippen LogP contribution < -0.4 is 5.32 Å². The zero-order valence-corrected chi connectivity index (χ0v) is 29.9. The van der Waals surface area contributed by atoms with E-state index >= 15 is 0 Å². The molecule has 0 saturated carbocycles. The van der Waals surface area contributed by atoms with E-state index in [4.69, 9.17) is 45.0 Å². The summed E-state index contributed by atoms with van der Waals surface area (Å²) in [5, 5.41) is 27.7. The minimum Gasteiger partial charge on any atom is -0.387 e. The summed E-state index contributed by atoms with van der Waals surface area (Å²) < 4.78 is 41.7. The zero-order valence-electron chi connectivity index (χ0n) is 29.2. The Labute approximate surface area is 307 Å². The lowest BCUT2D eigenvalue weighted by Gasteiger charge is -2.33. The fourth-order valence-corrected chi connectivity index (χ4v) is 8.80. The van der Waals surface area contributed by atoms with E-state index in [1.165, 1.54) is 30.1 Å². The van der Waals surface area contributed by atoms with Crippen molar-refractivity contribution in [1.82, 2.24) is 39.0 Å². The smallest absolute Gasteiger partial charge is 0.167 e. The number of fused-ring (bicyclic) bond motifs is 5. The van der Waals surface area contributed by atoms with Gasteiger partial charge in [-0.05, 0) is 51.7 Å². The fraction of sp³-hybridized carbons (Fsp3) is 0.543. The van der Waals surface area contributed by atoms with Crippen molar-refractivity contribution < 1.29 is 38.6 Å². The van der Waals surface area contributed by atoms with E-state index in [-0.39, 0.29) is 11.2 Å². The van der Waals surface area contributed by atoms with E-state index in [0.717, 1.165) is 12.8 Å². The lowest BCUT2D eigenvalue weighted by atomic mass is 9.95. The van der Waals surface area contributed by atoms with E-state index in [1.54, 1.807) is 43.2 Å². The van der Waals surface area contributed by atoms with Crippen LogP contribution in [0.1, 0.15) is 63.7 Å². The van der Waals surface area contributed by atoms with Gasteiger partial charge in [0.1, 0.15) is 67.0 Å². The summed E-state index contributed by atoms with van der Waals surface area (Å²) in [6.07, 6.45) is -1.78. The molecule has 53 heavy (non-hydrogen) atoms. The maximum Gasteiger partial charge on any atom is 0.167 e. The van der Waals surface area contributed by atoms with Crippen molar-refractivity contribution in [3.05, 3.63) is 65.9 Å². The number of ether oxygens (including phenoxy) is 6. The third-order valence-corrected chi connectivity index (χ3v) is 11.1. The third-order valence-electron chi connectivity index (χ3n) is 10.8. The van der Waals surface area contributed by atoms with E-state index in [0.29, 0.717) is 28.1 Å². The van der Waals surface area contributed by atoms with E-state index in [1.807, 2.05) is 6.07 Å². The normalized spacial score (nSPS) is 33.7. The molecule has 10 rings (SSSR count). The second-order valence-corrected chi connectivity index (χ2v) is 15.4. The maximum atomic E-state index is 12.0. The minimum absolute atomic E-state index is 0.0883. The predicted octanol–water partition coefficient (Wildman–Crippen LogP) is 2.98. The highest BCUT2D eigenvalue weighted by Gasteiger charge is 2.63. The molecular weight excluding hydrogens is 710 g/mol. The molecule has 8 heterocycles. The molecule has 4 aromatic heterocycles. The SMILES string of the molecule is CC1(C)O[C@@H]2[C@H](O1)[C@@H](C(O)C(O)[C@H]1O[C@@H](n3cnc4c(N[C@H]5CCc6ccccc65)ncnc43)C3OC(C)(C)O[C@@H]31)O[C@H]2n1cnc2c(Cl)ncnc21. The van der Waals surface area contributed by atoms with Gasteiger partial charge < -0.3 is 44.0 Å². The molecule has 17 nitrogen and oxygen atoms in total. The molecule has 4 fully saturated rings. The van der Waals surface area contributed by atoms with Crippen molar-refractivity contribution in [3.63, 3.8) is 0 Å². The van der Waals surface area contributed by atoms with E-state index in [9.17, 15) is 10.2 Å². The molecule has 1 aliphatic carbocycles. The number of aliphatic hydroxyl groups is 2. The number of aryl methyl sites for hydroxylation is 1.